The largest absolute Gasteiger partial charge is 0.204 e. The van der Waals surface area contributed by atoms with E-state index < -0.39 is 17.0 Å². The molecular formula is C9H3FN4. The van der Waals surface area contributed by atoms with Gasteiger partial charge in [-0.05, 0) is 6.92 Å². The van der Waals surface area contributed by atoms with Gasteiger partial charge in [0, 0.05) is 0 Å². The van der Waals surface area contributed by atoms with Gasteiger partial charge in [-0.15, -0.1) is 0 Å². The van der Waals surface area contributed by atoms with Crippen molar-refractivity contribution in [1.29, 1.82) is 21.0 Å². The van der Waals surface area contributed by atoms with Crippen molar-refractivity contribution in [2.75, 3.05) is 0 Å². The zero-order valence-electron chi connectivity index (χ0n) is 7.17. The molecule has 0 amide bonds. The van der Waals surface area contributed by atoms with E-state index in [4.69, 9.17) is 21.0 Å². The summed E-state index contributed by atoms with van der Waals surface area (Å²) >= 11 is 0. The van der Waals surface area contributed by atoms with Gasteiger partial charge in [-0.1, -0.05) is 0 Å². The molecule has 0 aliphatic rings. The third-order valence-corrected chi connectivity index (χ3v) is 1.30. The maximum absolute atomic E-state index is 13.2. The monoisotopic (exact) mass is 186 g/mol. The molecule has 0 rings (SSSR count). The molecule has 0 N–H and O–H groups in total. The summed E-state index contributed by atoms with van der Waals surface area (Å²) in [6.07, 6.45) is 0. The van der Waals surface area contributed by atoms with E-state index in [9.17, 15) is 4.39 Å². The van der Waals surface area contributed by atoms with E-state index in [0.29, 0.717) is 0 Å². The summed E-state index contributed by atoms with van der Waals surface area (Å²) in [5.41, 5.74) is -1.68. The third-order valence-electron chi connectivity index (χ3n) is 1.30. The second kappa shape index (κ2) is 5.09. The van der Waals surface area contributed by atoms with Crippen molar-refractivity contribution < 1.29 is 4.39 Å². The number of hydrogen-bond donors (Lipinski definition) is 0. The Morgan fingerprint density at radius 1 is 0.929 bits per heavy atom. The summed E-state index contributed by atoms with van der Waals surface area (Å²) in [6.45, 7) is 1.15. The van der Waals surface area contributed by atoms with Crippen LogP contribution in [0.15, 0.2) is 22.5 Å². The number of allylic oxidation sites excluding steroid dienone is 4. The molecule has 0 aliphatic heterocycles. The molecule has 66 valence electrons. The van der Waals surface area contributed by atoms with E-state index in [1.807, 2.05) is 0 Å². The Bertz CT molecular complexity index is 455. The summed E-state index contributed by atoms with van der Waals surface area (Å²) in [7, 11) is 0. The standard InChI is InChI=1S/C9H3FN4/c1-6(2-11)9(10)8(5-14)7(3-12)4-13/h1H3. The lowest BCUT2D eigenvalue weighted by molar-refractivity contribution is 0.649. The number of nitrogens with zero attached hydrogens (tertiary/aromatic N) is 4. The first kappa shape index (κ1) is 11.4. The van der Waals surface area contributed by atoms with Crippen molar-refractivity contribution in [1.82, 2.24) is 0 Å². The third kappa shape index (κ3) is 2.18. The average molecular weight is 186 g/mol. The summed E-state index contributed by atoms with van der Waals surface area (Å²) in [5.74, 6) is -1.13. The van der Waals surface area contributed by atoms with Crippen molar-refractivity contribution >= 4 is 0 Å². The molecule has 0 fully saturated rings. The Balaban J connectivity index is 5.77. The van der Waals surface area contributed by atoms with Crippen LogP contribution in [0.3, 0.4) is 0 Å². The van der Waals surface area contributed by atoms with Gasteiger partial charge in [-0.2, -0.15) is 21.0 Å². The van der Waals surface area contributed by atoms with Crippen LogP contribution < -0.4 is 0 Å². The van der Waals surface area contributed by atoms with Crippen LogP contribution in [0.2, 0.25) is 0 Å². The molecule has 0 aliphatic carbocycles. The van der Waals surface area contributed by atoms with E-state index in [2.05, 4.69) is 0 Å². The minimum absolute atomic E-state index is 0.343. The summed E-state index contributed by atoms with van der Waals surface area (Å²) in [4.78, 5) is 0. The highest BCUT2D eigenvalue weighted by molar-refractivity contribution is 5.55. The predicted octanol–water partition coefficient (Wildman–Crippen LogP) is 1.62. The molecule has 4 nitrogen and oxygen atoms in total. The fourth-order valence-corrected chi connectivity index (χ4v) is 0.588. The highest BCUT2D eigenvalue weighted by atomic mass is 19.1. The first-order chi connectivity index (χ1) is 6.62. The van der Waals surface area contributed by atoms with E-state index in [-0.39, 0.29) is 5.57 Å². The van der Waals surface area contributed by atoms with Gasteiger partial charge in [0.1, 0.15) is 29.4 Å². The minimum Gasteiger partial charge on any atom is -0.204 e. The second-order valence-electron chi connectivity index (χ2n) is 2.14. The topological polar surface area (TPSA) is 95.2 Å². The van der Waals surface area contributed by atoms with Gasteiger partial charge in [0.05, 0.1) is 11.6 Å². The maximum atomic E-state index is 13.2. The predicted molar refractivity (Wildman–Crippen MR) is 43.3 cm³/mol. The van der Waals surface area contributed by atoms with Crippen LogP contribution in [0.4, 0.5) is 4.39 Å². The van der Waals surface area contributed by atoms with Crippen molar-refractivity contribution in [2.45, 2.75) is 6.92 Å². The highest BCUT2D eigenvalue weighted by Crippen LogP contribution is 2.18. The van der Waals surface area contributed by atoms with Gasteiger partial charge < -0.3 is 0 Å². The van der Waals surface area contributed by atoms with Gasteiger partial charge in [0.15, 0.2) is 5.83 Å². The molecule has 5 heteroatoms. The molecule has 0 aromatic heterocycles. The highest BCUT2D eigenvalue weighted by Gasteiger charge is 2.13. The number of rotatable bonds is 1. The van der Waals surface area contributed by atoms with E-state index >= 15 is 0 Å². The Morgan fingerprint density at radius 3 is 1.71 bits per heavy atom. The van der Waals surface area contributed by atoms with Crippen LogP contribution >= 0.6 is 0 Å². The molecule has 0 heterocycles. The number of nitriles is 4. The fourth-order valence-electron chi connectivity index (χ4n) is 0.588. The van der Waals surface area contributed by atoms with E-state index in [1.54, 1.807) is 0 Å². The molecule has 14 heavy (non-hydrogen) atoms. The van der Waals surface area contributed by atoms with Crippen LogP contribution in [0.25, 0.3) is 0 Å². The molecule has 0 atom stereocenters. The quantitative estimate of drug-likeness (QED) is 0.459. The Labute approximate surface area is 80.0 Å². The number of hydrogen-bond acceptors (Lipinski definition) is 4. The SMILES string of the molecule is CC(C#N)=C(F)C(C#N)=C(C#N)C#N. The van der Waals surface area contributed by atoms with Crippen LogP contribution in [0.1, 0.15) is 6.92 Å². The van der Waals surface area contributed by atoms with Gasteiger partial charge in [0.25, 0.3) is 0 Å². The molecule has 0 radical (unpaired) electrons. The van der Waals surface area contributed by atoms with Crippen LogP contribution in [-0.4, -0.2) is 0 Å². The summed E-state index contributed by atoms with van der Waals surface area (Å²) in [5, 5.41) is 33.6. The molecular weight excluding hydrogens is 183 g/mol. The number of halogens is 1. The van der Waals surface area contributed by atoms with Crippen molar-refractivity contribution in [3.8, 4) is 24.3 Å². The van der Waals surface area contributed by atoms with E-state index in [1.165, 1.54) is 24.3 Å². The normalized spacial score (nSPS) is 9.57. The molecule has 0 spiro atoms. The summed E-state index contributed by atoms with van der Waals surface area (Å²) < 4.78 is 13.2. The molecule has 0 aromatic rings. The van der Waals surface area contributed by atoms with Gasteiger partial charge in [-0.3, -0.25) is 0 Å². The Hall–Kier alpha value is -2.63. The molecule has 0 saturated heterocycles. The minimum atomic E-state index is -1.13. The smallest absolute Gasteiger partial charge is 0.156 e. The lowest BCUT2D eigenvalue weighted by Crippen LogP contribution is -1.89. The van der Waals surface area contributed by atoms with Crippen molar-refractivity contribution in [3.05, 3.63) is 22.5 Å². The van der Waals surface area contributed by atoms with Crippen LogP contribution in [-0.2, 0) is 0 Å². The Kier molecular flexibility index (Phi) is 4.14. The van der Waals surface area contributed by atoms with Gasteiger partial charge in [-0.25, -0.2) is 4.39 Å². The summed E-state index contributed by atoms with van der Waals surface area (Å²) in [6, 6.07) is 5.60. The van der Waals surface area contributed by atoms with Crippen LogP contribution in [0, 0.1) is 45.3 Å². The van der Waals surface area contributed by atoms with Crippen molar-refractivity contribution in [2.24, 2.45) is 0 Å². The molecule has 0 saturated carbocycles. The van der Waals surface area contributed by atoms with E-state index in [0.717, 1.165) is 6.92 Å². The van der Waals surface area contributed by atoms with Crippen molar-refractivity contribution in [3.63, 3.8) is 0 Å². The molecule has 0 aromatic carbocycles. The lowest BCUT2D eigenvalue weighted by Gasteiger charge is -1.94. The van der Waals surface area contributed by atoms with Gasteiger partial charge >= 0.3 is 0 Å². The Morgan fingerprint density at radius 2 is 1.43 bits per heavy atom. The average Bonchev–Trinajstić information content (AvgIpc) is 2.23. The first-order valence-electron chi connectivity index (χ1n) is 3.33. The van der Waals surface area contributed by atoms with Crippen LogP contribution in [0.5, 0.6) is 0 Å². The maximum Gasteiger partial charge on any atom is 0.156 e. The molecule has 0 unspecified atom stereocenters. The van der Waals surface area contributed by atoms with Gasteiger partial charge in [0.2, 0.25) is 0 Å². The second-order valence-corrected chi connectivity index (χ2v) is 2.14. The first-order valence-corrected chi connectivity index (χ1v) is 3.33. The zero-order valence-corrected chi connectivity index (χ0v) is 7.17. The lowest BCUT2D eigenvalue weighted by atomic mass is 10.1. The fraction of sp³-hybridized carbons (Fsp3) is 0.111. The molecule has 0 bridgehead atoms. The zero-order chi connectivity index (χ0) is 11.1.